The standard InChI is InChI=1S/C25H24N4O5/c1-15(11-24(31)32)17-8-10-22(26-14-17)29-23(30)13-16-7-9-19-21(12-16)34-25(28-19)27-18-5-3-4-6-20(18)33-2/h3-10,12,14-15H,11,13H2,1-2H3,(H,27,28)(H,31,32)(H,26,29,30)/t15-/m0/s1. The Morgan fingerprint density at radius 3 is 2.71 bits per heavy atom. The van der Waals surface area contributed by atoms with E-state index in [1.54, 1.807) is 37.6 Å². The van der Waals surface area contributed by atoms with E-state index in [1.165, 1.54) is 0 Å². The third-order valence-corrected chi connectivity index (χ3v) is 5.27. The highest BCUT2D eigenvalue weighted by molar-refractivity contribution is 5.92. The number of ether oxygens (including phenoxy) is 1. The van der Waals surface area contributed by atoms with Crippen molar-refractivity contribution in [1.29, 1.82) is 0 Å². The maximum Gasteiger partial charge on any atom is 0.303 e. The molecular weight excluding hydrogens is 436 g/mol. The molecule has 1 amide bonds. The summed E-state index contributed by atoms with van der Waals surface area (Å²) in [6.45, 7) is 1.82. The van der Waals surface area contributed by atoms with Crippen LogP contribution in [0.4, 0.5) is 17.5 Å². The van der Waals surface area contributed by atoms with Gasteiger partial charge in [0.15, 0.2) is 5.58 Å². The van der Waals surface area contributed by atoms with Gasteiger partial charge in [0.1, 0.15) is 17.1 Å². The van der Waals surface area contributed by atoms with Gasteiger partial charge in [-0.05, 0) is 47.4 Å². The summed E-state index contributed by atoms with van der Waals surface area (Å²) >= 11 is 0. The summed E-state index contributed by atoms with van der Waals surface area (Å²) in [5.41, 5.74) is 3.50. The molecule has 2 aromatic carbocycles. The summed E-state index contributed by atoms with van der Waals surface area (Å²) in [6, 6.07) is 16.6. The zero-order valence-electron chi connectivity index (χ0n) is 18.7. The zero-order chi connectivity index (χ0) is 24.1. The van der Waals surface area contributed by atoms with Crippen LogP contribution in [0.3, 0.4) is 0 Å². The lowest BCUT2D eigenvalue weighted by Gasteiger charge is -2.10. The van der Waals surface area contributed by atoms with E-state index in [-0.39, 0.29) is 24.7 Å². The van der Waals surface area contributed by atoms with Gasteiger partial charge in [0.05, 0.1) is 25.6 Å². The van der Waals surface area contributed by atoms with Gasteiger partial charge in [0, 0.05) is 6.20 Å². The lowest BCUT2D eigenvalue weighted by Crippen LogP contribution is -2.15. The van der Waals surface area contributed by atoms with Crippen molar-refractivity contribution in [3.63, 3.8) is 0 Å². The molecule has 0 saturated carbocycles. The summed E-state index contributed by atoms with van der Waals surface area (Å²) in [7, 11) is 1.59. The number of hydrogen-bond acceptors (Lipinski definition) is 7. The van der Waals surface area contributed by atoms with Crippen LogP contribution < -0.4 is 15.4 Å². The van der Waals surface area contributed by atoms with E-state index in [0.29, 0.717) is 28.7 Å². The molecule has 4 aromatic rings. The first-order valence-corrected chi connectivity index (χ1v) is 10.7. The van der Waals surface area contributed by atoms with Crippen molar-refractivity contribution in [1.82, 2.24) is 9.97 Å². The minimum absolute atomic E-state index is 0.0215. The fourth-order valence-electron chi connectivity index (χ4n) is 3.52. The fraction of sp³-hybridized carbons (Fsp3) is 0.200. The molecule has 0 aliphatic rings. The number of rotatable bonds is 9. The van der Waals surface area contributed by atoms with Crippen molar-refractivity contribution >= 4 is 40.5 Å². The van der Waals surface area contributed by atoms with Gasteiger partial charge in [0.25, 0.3) is 6.01 Å². The summed E-state index contributed by atoms with van der Waals surface area (Å²) in [5, 5.41) is 14.8. The van der Waals surface area contributed by atoms with Gasteiger partial charge < -0.3 is 24.9 Å². The highest BCUT2D eigenvalue weighted by Gasteiger charge is 2.13. The first-order valence-electron chi connectivity index (χ1n) is 10.7. The van der Waals surface area contributed by atoms with E-state index >= 15 is 0 Å². The number of para-hydroxylation sites is 2. The van der Waals surface area contributed by atoms with E-state index in [4.69, 9.17) is 14.3 Å². The van der Waals surface area contributed by atoms with E-state index in [9.17, 15) is 9.59 Å². The van der Waals surface area contributed by atoms with Crippen LogP contribution in [0.25, 0.3) is 11.1 Å². The Kier molecular flexibility index (Phi) is 6.72. The Bertz CT molecular complexity index is 1320. The number of pyridine rings is 1. The Balaban J connectivity index is 1.40. The van der Waals surface area contributed by atoms with Gasteiger partial charge in [-0.15, -0.1) is 0 Å². The van der Waals surface area contributed by atoms with Gasteiger partial charge in [-0.1, -0.05) is 31.2 Å². The van der Waals surface area contributed by atoms with E-state index < -0.39 is 5.97 Å². The van der Waals surface area contributed by atoms with Crippen LogP contribution in [-0.4, -0.2) is 34.1 Å². The Labute approximate surface area is 195 Å². The Morgan fingerprint density at radius 1 is 1.15 bits per heavy atom. The number of nitrogens with one attached hydrogen (secondary N) is 2. The molecule has 2 heterocycles. The number of aromatic nitrogens is 2. The van der Waals surface area contributed by atoms with Gasteiger partial charge in [-0.3, -0.25) is 9.59 Å². The van der Waals surface area contributed by atoms with Crippen LogP contribution in [0.2, 0.25) is 0 Å². The molecular formula is C25H24N4O5. The first-order chi connectivity index (χ1) is 16.4. The van der Waals surface area contributed by atoms with E-state index in [1.807, 2.05) is 37.3 Å². The molecule has 1 atom stereocenters. The van der Waals surface area contributed by atoms with Crippen LogP contribution in [0, 0.1) is 0 Å². The third-order valence-electron chi connectivity index (χ3n) is 5.27. The molecule has 9 nitrogen and oxygen atoms in total. The van der Waals surface area contributed by atoms with Gasteiger partial charge in [0.2, 0.25) is 5.91 Å². The number of hydrogen-bond donors (Lipinski definition) is 3. The normalized spacial score (nSPS) is 11.7. The molecule has 0 spiro atoms. The number of anilines is 3. The summed E-state index contributed by atoms with van der Waals surface area (Å²) in [6.07, 6.45) is 1.73. The highest BCUT2D eigenvalue weighted by Crippen LogP contribution is 2.29. The average molecular weight is 460 g/mol. The number of amides is 1. The van der Waals surface area contributed by atoms with Crippen molar-refractivity contribution in [2.75, 3.05) is 17.7 Å². The molecule has 4 rings (SSSR count). The number of benzene rings is 2. The van der Waals surface area contributed by atoms with Crippen molar-refractivity contribution in [3.8, 4) is 5.75 Å². The Hall–Kier alpha value is -4.40. The molecule has 3 N–H and O–H groups in total. The van der Waals surface area contributed by atoms with Crippen molar-refractivity contribution < 1.29 is 23.8 Å². The average Bonchev–Trinajstić information content (AvgIpc) is 3.21. The SMILES string of the molecule is COc1ccccc1Nc1nc2ccc(CC(=O)Nc3ccc([C@@H](C)CC(=O)O)cn3)cc2o1. The third kappa shape index (κ3) is 5.50. The minimum Gasteiger partial charge on any atom is -0.495 e. The van der Waals surface area contributed by atoms with Crippen LogP contribution in [0.15, 0.2) is 65.2 Å². The van der Waals surface area contributed by atoms with Crippen molar-refractivity contribution in [2.45, 2.75) is 25.7 Å². The molecule has 34 heavy (non-hydrogen) atoms. The van der Waals surface area contributed by atoms with Crippen LogP contribution in [0.1, 0.15) is 30.4 Å². The van der Waals surface area contributed by atoms with Crippen molar-refractivity contribution in [3.05, 3.63) is 71.9 Å². The molecule has 9 heteroatoms. The van der Waals surface area contributed by atoms with Gasteiger partial charge in [-0.25, -0.2) is 4.98 Å². The molecule has 2 aromatic heterocycles. The second-order valence-electron chi connectivity index (χ2n) is 7.85. The smallest absolute Gasteiger partial charge is 0.303 e. The van der Waals surface area contributed by atoms with E-state index in [0.717, 1.165) is 16.8 Å². The number of aliphatic carboxylic acids is 1. The number of carbonyl (C=O) groups is 2. The van der Waals surface area contributed by atoms with Crippen molar-refractivity contribution in [2.24, 2.45) is 0 Å². The predicted molar refractivity (Wildman–Crippen MR) is 128 cm³/mol. The molecule has 174 valence electrons. The van der Waals surface area contributed by atoms with Gasteiger partial charge >= 0.3 is 5.97 Å². The second kappa shape index (κ2) is 10.0. The number of fused-ring (bicyclic) bond motifs is 1. The number of methoxy groups -OCH3 is 1. The number of carbonyl (C=O) groups excluding carboxylic acids is 1. The predicted octanol–water partition coefficient (Wildman–Crippen LogP) is 4.73. The molecule has 0 fully saturated rings. The molecule has 0 bridgehead atoms. The molecule has 0 unspecified atom stereocenters. The molecule has 0 aliphatic carbocycles. The van der Waals surface area contributed by atoms with Gasteiger partial charge in [-0.2, -0.15) is 4.98 Å². The van der Waals surface area contributed by atoms with Crippen LogP contribution in [0.5, 0.6) is 5.75 Å². The summed E-state index contributed by atoms with van der Waals surface area (Å²) < 4.78 is 11.1. The molecule has 0 saturated heterocycles. The first kappa shape index (κ1) is 22.8. The monoisotopic (exact) mass is 460 g/mol. The molecule has 0 radical (unpaired) electrons. The second-order valence-corrected chi connectivity index (χ2v) is 7.85. The zero-order valence-corrected chi connectivity index (χ0v) is 18.7. The van der Waals surface area contributed by atoms with Crippen LogP contribution >= 0.6 is 0 Å². The number of carboxylic acids is 1. The lowest BCUT2D eigenvalue weighted by atomic mass is 10.00. The van der Waals surface area contributed by atoms with E-state index in [2.05, 4.69) is 20.6 Å². The lowest BCUT2D eigenvalue weighted by molar-refractivity contribution is -0.137. The number of oxazole rings is 1. The quantitative estimate of drug-likeness (QED) is 0.327. The fourth-order valence-corrected chi connectivity index (χ4v) is 3.52. The highest BCUT2D eigenvalue weighted by atomic mass is 16.5. The summed E-state index contributed by atoms with van der Waals surface area (Å²) in [4.78, 5) is 32.0. The largest absolute Gasteiger partial charge is 0.495 e. The summed E-state index contributed by atoms with van der Waals surface area (Å²) in [5.74, 6) is -0.187. The number of nitrogens with zero attached hydrogens (tertiary/aromatic N) is 2. The topological polar surface area (TPSA) is 127 Å². The number of carboxylic acid groups (broad SMARTS) is 1. The minimum atomic E-state index is -0.865. The Morgan fingerprint density at radius 2 is 1.97 bits per heavy atom. The van der Waals surface area contributed by atoms with Crippen LogP contribution in [-0.2, 0) is 16.0 Å². The maximum atomic E-state index is 12.5. The molecule has 0 aliphatic heterocycles. The maximum absolute atomic E-state index is 12.5.